The van der Waals surface area contributed by atoms with Crippen LogP contribution < -0.4 is 14.2 Å². The fourth-order valence-electron chi connectivity index (χ4n) is 2.82. The van der Waals surface area contributed by atoms with Gasteiger partial charge in [-0.05, 0) is 48.9 Å². The van der Waals surface area contributed by atoms with E-state index in [2.05, 4.69) is 21.3 Å². The van der Waals surface area contributed by atoms with Gasteiger partial charge in [0.1, 0.15) is 23.9 Å². The van der Waals surface area contributed by atoms with Crippen molar-refractivity contribution in [2.45, 2.75) is 32.2 Å². The SMILES string of the molecule is CCO[C@@H](Cc1ccc(OC/C=C\C#Cc2cc(OC(F)(F)F)cc(OC(F)(F)F)c2)c(Cl)c1)C(=O)O. The maximum absolute atomic E-state index is 12.5. The second-order valence-electron chi connectivity index (χ2n) is 7.02. The molecule has 0 spiro atoms. The number of benzene rings is 2. The number of allylic oxidation sites excluding steroid dienone is 1. The highest BCUT2D eigenvalue weighted by atomic mass is 35.5. The second-order valence-corrected chi connectivity index (χ2v) is 7.43. The molecule has 0 unspecified atom stereocenters. The molecule has 0 radical (unpaired) electrons. The summed E-state index contributed by atoms with van der Waals surface area (Å²) in [6.07, 6.45) is -8.48. The Hall–Kier alpha value is -3.56. The highest BCUT2D eigenvalue weighted by Gasteiger charge is 2.33. The van der Waals surface area contributed by atoms with Crippen molar-refractivity contribution in [3.63, 3.8) is 0 Å². The summed E-state index contributed by atoms with van der Waals surface area (Å²) in [7, 11) is 0. The minimum absolute atomic E-state index is 0.0237. The average Bonchev–Trinajstić information content (AvgIpc) is 2.74. The van der Waals surface area contributed by atoms with Gasteiger partial charge >= 0.3 is 18.7 Å². The molecule has 1 atom stereocenters. The normalized spacial score (nSPS) is 12.5. The molecular formula is C24H19ClF6O6. The minimum atomic E-state index is -5.13. The molecule has 0 bridgehead atoms. The van der Waals surface area contributed by atoms with E-state index in [-0.39, 0.29) is 36.0 Å². The summed E-state index contributed by atoms with van der Waals surface area (Å²) >= 11 is 6.16. The van der Waals surface area contributed by atoms with Gasteiger partial charge in [-0.2, -0.15) is 0 Å². The van der Waals surface area contributed by atoms with Gasteiger partial charge in [-0.15, -0.1) is 26.3 Å². The Bertz CT molecular complexity index is 1130. The van der Waals surface area contributed by atoms with Crippen molar-refractivity contribution in [1.29, 1.82) is 0 Å². The third kappa shape index (κ3) is 11.4. The van der Waals surface area contributed by atoms with Gasteiger partial charge in [0.25, 0.3) is 0 Å². The van der Waals surface area contributed by atoms with Gasteiger partial charge in [-0.3, -0.25) is 0 Å². The molecule has 0 saturated heterocycles. The maximum atomic E-state index is 12.5. The zero-order valence-corrected chi connectivity index (χ0v) is 19.7. The van der Waals surface area contributed by atoms with Crippen LogP contribution in [0.2, 0.25) is 5.02 Å². The lowest BCUT2D eigenvalue weighted by Gasteiger charge is -2.13. The summed E-state index contributed by atoms with van der Waals surface area (Å²) in [6, 6.07) is 6.73. The highest BCUT2D eigenvalue weighted by Crippen LogP contribution is 2.31. The highest BCUT2D eigenvalue weighted by molar-refractivity contribution is 6.32. The first-order valence-corrected chi connectivity index (χ1v) is 10.7. The molecule has 0 aliphatic carbocycles. The molecule has 0 fully saturated rings. The summed E-state index contributed by atoms with van der Waals surface area (Å²) in [5.41, 5.74) is 0.391. The predicted octanol–water partition coefficient (Wildman–Crippen LogP) is 6.16. The van der Waals surface area contributed by atoms with Gasteiger partial charge in [0, 0.05) is 24.7 Å². The van der Waals surface area contributed by atoms with Crippen molar-refractivity contribution in [3.8, 4) is 29.1 Å². The lowest BCUT2D eigenvalue weighted by molar-refractivity contribution is -0.276. The van der Waals surface area contributed by atoms with Crippen LogP contribution in [0.15, 0.2) is 48.6 Å². The molecular weight excluding hydrogens is 534 g/mol. The van der Waals surface area contributed by atoms with Gasteiger partial charge in [0.2, 0.25) is 0 Å². The van der Waals surface area contributed by atoms with Gasteiger partial charge in [-0.25, -0.2) is 4.79 Å². The van der Waals surface area contributed by atoms with Gasteiger partial charge < -0.3 is 24.1 Å². The summed E-state index contributed by atoms with van der Waals surface area (Å²) < 4.78 is 92.7. The molecule has 0 aromatic heterocycles. The van der Waals surface area contributed by atoms with Crippen molar-refractivity contribution in [3.05, 3.63) is 64.7 Å². The average molecular weight is 553 g/mol. The zero-order chi connectivity index (χ0) is 27.6. The van der Waals surface area contributed by atoms with Crippen LogP contribution >= 0.6 is 11.6 Å². The fraction of sp³-hybridized carbons (Fsp3) is 0.292. The third-order valence-corrected chi connectivity index (χ3v) is 4.46. The van der Waals surface area contributed by atoms with E-state index in [4.69, 9.17) is 26.2 Å². The standard InChI is InChI=1S/C24H19ClF6O6/c1-2-34-21(22(32)33)13-16-7-8-20(19(25)12-16)35-9-5-3-4-6-15-10-17(36-23(26,27)28)14-18(11-15)37-24(29,30)31/h3,5,7-8,10-12,14,21H,2,9,13H2,1H3,(H,32,33)/b5-3-/t21-/m0/s1. The van der Waals surface area contributed by atoms with Crippen molar-refractivity contribution in [2.24, 2.45) is 0 Å². The molecule has 2 rings (SSSR count). The molecule has 1 N–H and O–H groups in total. The Morgan fingerprint density at radius 1 is 1.05 bits per heavy atom. The number of carboxylic acid groups (broad SMARTS) is 1. The van der Waals surface area contributed by atoms with E-state index in [1.54, 1.807) is 13.0 Å². The molecule has 0 amide bonds. The van der Waals surface area contributed by atoms with Crippen LogP contribution in [-0.2, 0) is 16.0 Å². The number of rotatable bonds is 10. The number of aliphatic carboxylic acids is 1. The van der Waals surface area contributed by atoms with E-state index in [1.165, 1.54) is 24.3 Å². The number of halogens is 7. The predicted molar refractivity (Wildman–Crippen MR) is 120 cm³/mol. The lowest BCUT2D eigenvalue weighted by atomic mass is 10.1. The van der Waals surface area contributed by atoms with E-state index < -0.39 is 36.3 Å². The van der Waals surface area contributed by atoms with Crippen LogP contribution in [0.5, 0.6) is 17.2 Å². The first-order valence-electron chi connectivity index (χ1n) is 10.3. The number of hydrogen-bond donors (Lipinski definition) is 1. The molecule has 37 heavy (non-hydrogen) atoms. The molecule has 0 saturated carbocycles. The molecule has 0 aliphatic heterocycles. The molecule has 2 aromatic rings. The van der Waals surface area contributed by atoms with Crippen molar-refractivity contribution in [1.82, 2.24) is 0 Å². The number of hydrogen-bond acceptors (Lipinski definition) is 5. The minimum Gasteiger partial charge on any atom is -0.488 e. The maximum Gasteiger partial charge on any atom is 0.573 e. The van der Waals surface area contributed by atoms with Gasteiger partial charge in [0.15, 0.2) is 6.10 Å². The van der Waals surface area contributed by atoms with Crippen LogP contribution in [0.3, 0.4) is 0 Å². The number of carbonyl (C=O) groups is 1. The number of ether oxygens (including phenoxy) is 4. The smallest absolute Gasteiger partial charge is 0.488 e. The quantitative estimate of drug-likeness (QED) is 0.281. The molecule has 0 aliphatic rings. The Kier molecular flexibility index (Phi) is 10.5. The molecule has 6 nitrogen and oxygen atoms in total. The summed E-state index contributed by atoms with van der Waals surface area (Å²) in [5, 5.41) is 9.38. The molecule has 0 heterocycles. The van der Waals surface area contributed by atoms with E-state index in [1.807, 2.05) is 0 Å². The van der Waals surface area contributed by atoms with Gasteiger partial charge in [0.05, 0.1) is 5.02 Å². The van der Waals surface area contributed by atoms with Crippen molar-refractivity contribution < 1.29 is 55.2 Å². The van der Waals surface area contributed by atoms with Gasteiger partial charge in [-0.1, -0.05) is 29.5 Å². The Labute approximate surface area is 212 Å². The first kappa shape index (κ1) is 29.7. The second kappa shape index (κ2) is 13.1. The zero-order valence-electron chi connectivity index (χ0n) is 19.0. The summed E-state index contributed by atoms with van der Waals surface area (Å²) in [6.45, 7) is 1.89. The van der Waals surface area contributed by atoms with Crippen LogP contribution in [0.4, 0.5) is 26.3 Å². The van der Waals surface area contributed by atoms with Crippen molar-refractivity contribution in [2.75, 3.05) is 13.2 Å². The first-order chi connectivity index (χ1) is 17.3. The van der Waals surface area contributed by atoms with Crippen LogP contribution in [0.1, 0.15) is 18.1 Å². The van der Waals surface area contributed by atoms with E-state index >= 15 is 0 Å². The summed E-state index contributed by atoms with van der Waals surface area (Å²) in [5.74, 6) is 2.15. The monoisotopic (exact) mass is 552 g/mol. The molecule has 13 heteroatoms. The fourth-order valence-corrected chi connectivity index (χ4v) is 3.08. The van der Waals surface area contributed by atoms with Crippen molar-refractivity contribution >= 4 is 17.6 Å². The number of carboxylic acids is 1. The Morgan fingerprint density at radius 2 is 1.68 bits per heavy atom. The number of alkyl halides is 6. The van der Waals surface area contributed by atoms with E-state index in [9.17, 15) is 31.1 Å². The lowest BCUT2D eigenvalue weighted by Crippen LogP contribution is -2.26. The van der Waals surface area contributed by atoms with Crippen LogP contribution in [0.25, 0.3) is 0 Å². The molecule has 200 valence electrons. The Balaban J connectivity index is 2.03. The van der Waals surface area contributed by atoms with Crippen LogP contribution in [0, 0.1) is 11.8 Å². The molecule has 2 aromatic carbocycles. The Morgan fingerprint density at radius 3 is 2.19 bits per heavy atom. The van der Waals surface area contributed by atoms with E-state index in [0.29, 0.717) is 11.6 Å². The van der Waals surface area contributed by atoms with E-state index in [0.717, 1.165) is 12.1 Å². The largest absolute Gasteiger partial charge is 0.573 e. The topological polar surface area (TPSA) is 74.2 Å². The third-order valence-electron chi connectivity index (χ3n) is 4.16. The van der Waals surface area contributed by atoms with Crippen LogP contribution in [-0.4, -0.2) is 43.1 Å². The summed E-state index contributed by atoms with van der Waals surface area (Å²) in [4.78, 5) is 11.2.